The molecule has 0 amide bonds. The van der Waals surface area contributed by atoms with E-state index in [0.717, 1.165) is 26.7 Å². The molecule has 3 N–H and O–H groups in total. The first-order valence-corrected chi connectivity index (χ1v) is 6.69. The second kappa shape index (κ2) is 5.80. The van der Waals surface area contributed by atoms with Gasteiger partial charge in [-0.05, 0) is 48.9 Å². The van der Waals surface area contributed by atoms with Crippen LogP contribution >= 0.6 is 11.8 Å². The molecule has 0 atom stereocenters. The predicted octanol–water partition coefficient (Wildman–Crippen LogP) is 3.44. The summed E-state index contributed by atoms with van der Waals surface area (Å²) in [6, 6.07) is 13.8. The Balaban J connectivity index is 2.20. The number of nitrogen functional groups attached to an aromatic ring is 1. The third-order valence-corrected chi connectivity index (χ3v) is 3.96. The van der Waals surface area contributed by atoms with Crippen LogP contribution in [-0.2, 0) is 0 Å². The summed E-state index contributed by atoms with van der Waals surface area (Å²) in [4.78, 5) is 2.31. The third kappa shape index (κ3) is 3.29. The van der Waals surface area contributed by atoms with Gasteiger partial charge in [-0.1, -0.05) is 17.8 Å². The minimum absolute atomic E-state index is 0.101. The van der Waals surface area contributed by atoms with E-state index < -0.39 is 0 Å². The lowest BCUT2D eigenvalue weighted by Crippen LogP contribution is -2.10. The van der Waals surface area contributed by atoms with Crippen LogP contribution in [0.25, 0.3) is 0 Å². The smallest absolute Gasteiger partial charge is 0.122 e. The van der Waals surface area contributed by atoms with Crippen molar-refractivity contribution in [3.05, 3.63) is 53.6 Å². The maximum Gasteiger partial charge on any atom is 0.122 e. The number of hydrogen-bond acceptors (Lipinski definition) is 3. The molecule has 2 rings (SSSR count). The number of nitrogens with one attached hydrogen (secondary N) is 1. The van der Waals surface area contributed by atoms with Crippen LogP contribution < -0.4 is 10.5 Å². The maximum atomic E-state index is 7.43. The highest BCUT2D eigenvalue weighted by atomic mass is 32.2. The van der Waals surface area contributed by atoms with Gasteiger partial charge in [0, 0.05) is 15.4 Å². The molecular weight excluding hydrogens is 256 g/mol. The monoisotopic (exact) mass is 272 g/mol. The zero-order valence-electron chi connectivity index (χ0n) is 10.9. The largest absolute Gasteiger partial charge is 0.497 e. The Kier molecular flexibility index (Phi) is 4.12. The van der Waals surface area contributed by atoms with Gasteiger partial charge >= 0.3 is 0 Å². The number of hydrogen-bond donors (Lipinski definition) is 2. The molecule has 0 aliphatic rings. The van der Waals surface area contributed by atoms with Crippen LogP contribution in [0.5, 0.6) is 5.75 Å². The number of aryl methyl sites for hydroxylation is 1. The van der Waals surface area contributed by atoms with Crippen LogP contribution in [-0.4, -0.2) is 12.9 Å². The van der Waals surface area contributed by atoms with Crippen molar-refractivity contribution in [2.45, 2.75) is 16.7 Å². The molecule has 0 saturated heterocycles. The molecule has 0 bridgehead atoms. The normalized spacial score (nSPS) is 10.2. The zero-order chi connectivity index (χ0) is 13.8. The lowest BCUT2D eigenvalue weighted by molar-refractivity contribution is 0.414. The minimum Gasteiger partial charge on any atom is -0.497 e. The van der Waals surface area contributed by atoms with E-state index >= 15 is 0 Å². The summed E-state index contributed by atoms with van der Waals surface area (Å²) < 4.78 is 5.14. The van der Waals surface area contributed by atoms with Gasteiger partial charge in [0.25, 0.3) is 0 Å². The maximum absolute atomic E-state index is 7.43. The second-order valence-electron chi connectivity index (χ2n) is 4.17. The Bertz CT molecular complexity index is 594. The van der Waals surface area contributed by atoms with E-state index in [4.69, 9.17) is 15.9 Å². The van der Waals surface area contributed by atoms with Gasteiger partial charge in [0.15, 0.2) is 0 Å². The molecular formula is C15H16N2OS. The molecule has 0 aliphatic carbocycles. The zero-order valence-corrected chi connectivity index (χ0v) is 11.8. The highest BCUT2D eigenvalue weighted by Gasteiger charge is 2.04. The first-order valence-electron chi connectivity index (χ1n) is 5.87. The summed E-state index contributed by atoms with van der Waals surface area (Å²) in [7, 11) is 1.66. The van der Waals surface area contributed by atoms with Gasteiger partial charge in [-0.2, -0.15) is 0 Å². The van der Waals surface area contributed by atoms with Gasteiger partial charge in [0.2, 0.25) is 0 Å². The summed E-state index contributed by atoms with van der Waals surface area (Å²) in [5.74, 6) is 0.956. The molecule has 3 nitrogen and oxygen atoms in total. The van der Waals surface area contributed by atoms with Crippen molar-refractivity contribution < 1.29 is 4.74 Å². The Hall–Kier alpha value is -1.94. The summed E-state index contributed by atoms with van der Waals surface area (Å²) >= 11 is 1.69. The Morgan fingerprint density at radius 2 is 1.84 bits per heavy atom. The van der Waals surface area contributed by atoms with Crippen LogP contribution in [0.15, 0.2) is 52.3 Å². The molecule has 0 aliphatic heterocycles. The van der Waals surface area contributed by atoms with Gasteiger partial charge in [-0.3, -0.25) is 5.41 Å². The Morgan fingerprint density at radius 3 is 2.37 bits per heavy atom. The van der Waals surface area contributed by atoms with Crippen molar-refractivity contribution >= 4 is 17.6 Å². The lowest BCUT2D eigenvalue weighted by Gasteiger charge is -2.08. The SMILES string of the molecule is COc1ccc(Sc2ccc(C(=N)N)cc2C)cc1. The second-order valence-corrected chi connectivity index (χ2v) is 5.29. The minimum atomic E-state index is 0.101. The average molecular weight is 272 g/mol. The number of ether oxygens (including phenoxy) is 1. The van der Waals surface area contributed by atoms with Gasteiger partial charge in [0.05, 0.1) is 7.11 Å². The molecule has 4 heteroatoms. The van der Waals surface area contributed by atoms with Crippen molar-refractivity contribution in [1.29, 1.82) is 5.41 Å². The van der Waals surface area contributed by atoms with Crippen molar-refractivity contribution in [3.63, 3.8) is 0 Å². The van der Waals surface area contributed by atoms with E-state index in [0.29, 0.717) is 0 Å². The average Bonchev–Trinajstić information content (AvgIpc) is 2.41. The number of rotatable bonds is 4. The van der Waals surface area contributed by atoms with Crippen molar-refractivity contribution in [2.24, 2.45) is 5.73 Å². The number of amidine groups is 1. The fourth-order valence-corrected chi connectivity index (χ4v) is 2.58. The van der Waals surface area contributed by atoms with Crippen LogP contribution in [0.1, 0.15) is 11.1 Å². The fraction of sp³-hybridized carbons (Fsp3) is 0.133. The molecule has 0 radical (unpaired) electrons. The highest BCUT2D eigenvalue weighted by Crippen LogP contribution is 2.31. The van der Waals surface area contributed by atoms with Crippen molar-refractivity contribution in [1.82, 2.24) is 0 Å². The molecule has 0 unspecified atom stereocenters. The van der Waals surface area contributed by atoms with E-state index in [-0.39, 0.29) is 5.84 Å². The van der Waals surface area contributed by atoms with Crippen LogP contribution in [0.3, 0.4) is 0 Å². The van der Waals surface area contributed by atoms with Crippen LogP contribution in [0.2, 0.25) is 0 Å². The predicted molar refractivity (Wildman–Crippen MR) is 79.3 cm³/mol. The van der Waals surface area contributed by atoms with Gasteiger partial charge in [-0.15, -0.1) is 0 Å². The fourth-order valence-electron chi connectivity index (χ4n) is 1.70. The van der Waals surface area contributed by atoms with Gasteiger partial charge in [0.1, 0.15) is 11.6 Å². The molecule has 0 heterocycles. The first kappa shape index (κ1) is 13.5. The topological polar surface area (TPSA) is 59.1 Å². The molecule has 0 fully saturated rings. The standard InChI is InChI=1S/C15H16N2OS/c1-10-9-11(15(16)17)3-8-14(10)19-13-6-4-12(18-2)5-7-13/h3-9H,1-2H3,(H3,16,17). The summed E-state index contributed by atoms with van der Waals surface area (Å²) in [5, 5.41) is 7.43. The molecule has 19 heavy (non-hydrogen) atoms. The van der Waals surface area contributed by atoms with Crippen molar-refractivity contribution in [2.75, 3.05) is 7.11 Å². The molecule has 2 aromatic rings. The van der Waals surface area contributed by atoms with E-state index in [2.05, 4.69) is 0 Å². The Morgan fingerprint density at radius 1 is 1.16 bits per heavy atom. The van der Waals surface area contributed by atoms with Crippen LogP contribution in [0.4, 0.5) is 0 Å². The number of methoxy groups -OCH3 is 1. The summed E-state index contributed by atoms with van der Waals surface area (Å²) in [6.45, 7) is 2.03. The van der Waals surface area contributed by atoms with Crippen molar-refractivity contribution in [3.8, 4) is 5.75 Å². The van der Waals surface area contributed by atoms with E-state index in [9.17, 15) is 0 Å². The quantitative estimate of drug-likeness (QED) is 0.662. The first-order chi connectivity index (χ1) is 9.10. The summed E-state index contributed by atoms with van der Waals surface area (Å²) in [5.41, 5.74) is 7.36. The van der Waals surface area contributed by atoms with Crippen LogP contribution in [0, 0.1) is 12.3 Å². The third-order valence-electron chi connectivity index (χ3n) is 2.77. The number of benzene rings is 2. The highest BCUT2D eigenvalue weighted by molar-refractivity contribution is 7.99. The number of nitrogens with two attached hydrogens (primary N) is 1. The van der Waals surface area contributed by atoms with E-state index in [1.807, 2.05) is 49.4 Å². The molecule has 0 spiro atoms. The summed E-state index contributed by atoms with van der Waals surface area (Å²) in [6.07, 6.45) is 0. The molecule has 0 aromatic heterocycles. The Labute approximate surface area is 117 Å². The van der Waals surface area contributed by atoms with Gasteiger partial charge in [-0.25, -0.2) is 0 Å². The van der Waals surface area contributed by atoms with E-state index in [1.165, 1.54) is 0 Å². The van der Waals surface area contributed by atoms with E-state index in [1.54, 1.807) is 18.9 Å². The molecule has 2 aromatic carbocycles. The molecule has 0 saturated carbocycles. The lowest BCUT2D eigenvalue weighted by atomic mass is 10.1. The molecule has 98 valence electrons. The van der Waals surface area contributed by atoms with Gasteiger partial charge < -0.3 is 10.5 Å².